The van der Waals surface area contributed by atoms with Crippen LogP contribution in [0.15, 0.2) is 17.0 Å². The molecule has 5 nitrogen and oxygen atoms in total. The number of anilines is 1. The minimum atomic E-state index is -3.61. The van der Waals surface area contributed by atoms with Gasteiger partial charge in [0.25, 0.3) is 0 Å². The van der Waals surface area contributed by atoms with E-state index in [0.29, 0.717) is 29.7 Å². The molecule has 0 heterocycles. The van der Waals surface area contributed by atoms with Crippen molar-refractivity contribution in [2.45, 2.75) is 43.6 Å². The third-order valence-corrected chi connectivity index (χ3v) is 5.33. The van der Waals surface area contributed by atoms with E-state index in [1.165, 1.54) is 0 Å². The zero-order valence-electron chi connectivity index (χ0n) is 11.2. The van der Waals surface area contributed by atoms with Crippen molar-refractivity contribution in [3.63, 3.8) is 0 Å². The summed E-state index contributed by atoms with van der Waals surface area (Å²) in [5.74, 6) is 0. The zero-order chi connectivity index (χ0) is 14.3. The number of aliphatic hydroxyl groups is 1. The van der Waals surface area contributed by atoms with Crippen LogP contribution in [0.5, 0.6) is 0 Å². The zero-order valence-corrected chi connectivity index (χ0v) is 12.0. The smallest absolute Gasteiger partial charge is 0.241 e. The highest BCUT2D eigenvalue weighted by Gasteiger charge is 2.35. The Hall–Kier alpha value is -1.11. The van der Waals surface area contributed by atoms with E-state index in [0.717, 1.165) is 6.42 Å². The summed E-state index contributed by atoms with van der Waals surface area (Å²) in [5, 5.41) is 9.96. The fraction of sp³-hybridized carbons (Fsp3) is 0.538. The average Bonchev–Trinajstić information content (AvgIpc) is 2.22. The lowest BCUT2D eigenvalue weighted by molar-refractivity contribution is -0.0271. The summed E-state index contributed by atoms with van der Waals surface area (Å²) in [5.41, 5.74) is 6.60. The second-order valence-corrected chi connectivity index (χ2v) is 7.09. The predicted octanol–water partition coefficient (Wildman–Crippen LogP) is 1.08. The third-order valence-electron chi connectivity index (χ3n) is 3.63. The number of nitrogens with two attached hydrogens (primary N) is 1. The van der Waals surface area contributed by atoms with E-state index in [1.807, 2.05) is 0 Å². The molecule has 0 aromatic heterocycles. The predicted molar refractivity (Wildman–Crippen MR) is 74.3 cm³/mol. The molecule has 1 aromatic carbocycles. The van der Waals surface area contributed by atoms with Crippen LogP contribution in [0.2, 0.25) is 0 Å². The molecule has 0 spiro atoms. The Balaban J connectivity index is 2.24. The van der Waals surface area contributed by atoms with E-state index >= 15 is 0 Å². The van der Waals surface area contributed by atoms with Crippen LogP contribution in [0.25, 0.3) is 0 Å². The maximum atomic E-state index is 12.3. The highest BCUT2D eigenvalue weighted by molar-refractivity contribution is 7.89. The molecule has 1 aromatic rings. The van der Waals surface area contributed by atoms with Crippen molar-refractivity contribution in [2.75, 3.05) is 12.3 Å². The van der Waals surface area contributed by atoms with Crippen LogP contribution in [-0.4, -0.2) is 25.7 Å². The molecular formula is C13H20N2O3S. The lowest BCUT2D eigenvalue weighted by Crippen LogP contribution is -2.47. The van der Waals surface area contributed by atoms with Gasteiger partial charge in [0.2, 0.25) is 10.0 Å². The third kappa shape index (κ3) is 2.91. The number of benzene rings is 1. The second-order valence-electron chi connectivity index (χ2n) is 5.39. The molecule has 1 saturated carbocycles. The van der Waals surface area contributed by atoms with Crippen LogP contribution >= 0.6 is 0 Å². The number of hydrogen-bond donors (Lipinski definition) is 3. The van der Waals surface area contributed by atoms with Gasteiger partial charge in [-0.15, -0.1) is 0 Å². The number of hydrogen-bond acceptors (Lipinski definition) is 4. The molecule has 0 atom stereocenters. The molecule has 0 unspecified atom stereocenters. The van der Waals surface area contributed by atoms with Gasteiger partial charge in [0.05, 0.1) is 10.5 Å². The summed E-state index contributed by atoms with van der Waals surface area (Å²) in [7, 11) is -3.61. The molecule has 4 N–H and O–H groups in total. The van der Waals surface area contributed by atoms with Gasteiger partial charge in [0, 0.05) is 12.2 Å². The van der Waals surface area contributed by atoms with Crippen LogP contribution < -0.4 is 10.5 Å². The van der Waals surface area contributed by atoms with Gasteiger partial charge in [0.1, 0.15) is 0 Å². The van der Waals surface area contributed by atoms with Gasteiger partial charge in [-0.05, 0) is 56.4 Å². The molecule has 0 radical (unpaired) electrons. The van der Waals surface area contributed by atoms with E-state index in [-0.39, 0.29) is 11.4 Å². The monoisotopic (exact) mass is 284 g/mol. The average molecular weight is 284 g/mol. The molecule has 0 saturated heterocycles. The van der Waals surface area contributed by atoms with Crippen LogP contribution in [0.3, 0.4) is 0 Å². The molecule has 2 rings (SSSR count). The van der Waals surface area contributed by atoms with E-state index in [2.05, 4.69) is 4.72 Å². The topological polar surface area (TPSA) is 92.4 Å². The van der Waals surface area contributed by atoms with Crippen molar-refractivity contribution < 1.29 is 13.5 Å². The summed E-state index contributed by atoms with van der Waals surface area (Å²) in [6, 6.07) is 3.28. The second kappa shape index (κ2) is 4.77. The number of sulfonamides is 1. The van der Waals surface area contributed by atoms with Crippen LogP contribution in [0.1, 0.15) is 30.4 Å². The highest BCUT2D eigenvalue weighted by atomic mass is 32.2. The Morgan fingerprint density at radius 1 is 1.32 bits per heavy atom. The van der Waals surface area contributed by atoms with E-state index < -0.39 is 15.6 Å². The number of nitrogen functional groups attached to an aromatic ring is 1. The lowest BCUT2D eigenvalue weighted by atomic mass is 9.81. The standard InChI is InChI=1S/C13H20N2O3S/c1-9-6-11(14)7-10(2)12(9)19(17,18)15-8-13(16)4-3-5-13/h6-7,15-16H,3-5,8,14H2,1-2H3. The van der Waals surface area contributed by atoms with Crippen molar-refractivity contribution >= 4 is 15.7 Å². The van der Waals surface area contributed by atoms with Crippen molar-refractivity contribution in [2.24, 2.45) is 0 Å². The minimum Gasteiger partial charge on any atom is -0.399 e. The van der Waals surface area contributed by atoms with E-state index in [1.54, 1.807) is 26.0 Å². The van der Waals surface area contributed by atoms with E-state index in [9.17, 15) is 13.5 Å². The first-order valence-corrected chi connectivity index (χ1v) is 7.81. The first-order chi connectivity index (χ1) is 8.73. The minimum absolute atomic E-state index is 0.0680. The molecule has 1 aliphatic carbocycles. The quantitative estimate of drug-likeness (QED) is 0.721. The van der Waals surface area contributed by atoms with Crippen molar-refractivity contribution in [1.82, 2.24) is 4.72 Å². The largest absolute Gasteiger partial charge is 0.399 e. The number of nitrogens with one attached hydrogen (secondary N) is 1. The van der Waals surface area contributed by atoms with Crippen LogP contribution in [0, 0.1) is 13.8 Å². The highest BCUT2D eigenvalue weighted by Crippen LogP contribution is 2.31. The van der Waals surface area contributed by atoms with Gasteiger partial charge >= 0.3 is 0 Å². The van der Waals surface area contributed by atoms with Crippen LogP contribution in [0.4, 0.5) is 5.69 Å². The SMILES string of the molecule is Cc1cc(N)cc(C)c1S(=O)(=O)NCC1(O)CCC1. The van der Waals surface area contributed by atoms with Gasteiger partial charge in [-0.1, -0.05) is 0 Å². The lowest BCUT2D eigenvalue weighted by Gasteiger charge is -2.36. The number of aryl methyl sites for hydroxylation is 2. The Labute approximate surface area is 113 Å². The molecule has 0 bridgehead atoms. The molecule has 1 aliphatic rings. The molecule has 6 heteroatoms. The fourth-order valence-corrected chi connectivity index (χ4v) is 4.04. The molecule has 0 aliphatic heterocycles. The maximum absolute atomic E-state index is 12.3. The Kier molecular flexibility index (Phi) is 3.59. The van der Waals surface area contributed by atoms with Crippen molar-refractivity contribution in [3.05, 3.63) is 23.3 Å². The van der Waals surface area contributed by atoms with Crippen LogP contribution in [-0.2, 0) is 10.0 Å². The summed E-state index contributed by atoms with van der Waals surface area (Å²) in [6.07, 6.45) is 2.24. The molecule has 1 fully saturated rings. The number of rotatable bonds is 4. The van der Waals surface area contributed by atoms with Crippen molar-refractivity contribution in [1.29, 1.82) is 0 Å². The molecular weight excluding hydrogens is 264 g/mol. The van der Waals surface area contributed by atoms with Gasteiger partial charge in [-0.2, -0.15) is 0 Å². The summed E-state index contributed by atoms with van der Waals surface area (Å²) < 4.78 is 27.1. The fourth-order valence-electron chi connectivity index (χ4n) is 2.47. The summed E-state index contributed by atoms with van der Waals surface area (Å²) >= 11 is 0. The molecule has 106 valence electrons. The Morgan fingerprint density at radius 3 is 2.26 bits per heavy atom. The maximum Gasteiger partial charge on any atom is 0.241 e. The first kappa shape index (κ1) is 14.3. The molecule has 0 amide bonds. The Bertz CT molecular complexity index is 569. The van der Waals surface area contributed by atoms with E-state index in [4.69, 9.17) is 5.73 Å². The molecule has 19 heavy (non-hydrogen) atoms. The normalized spacial score (nSPS) is 18.1. The summed E-state index contributed by atoms with van der Waals surface area (Å²) in [4.78, 5) is 0.254. The van der Waals surface area contributed by atoms with Gasteiger partial charge in [-0.25, -0.2) is 13.1 Å². The van der Waals surface area contributed by atoms with Gasteiger partial charge < -0.3 is 10.8 Å². The first-order valence-electron chi connectivity index (χ1n) is 6.32. The van der Waals surface area contributed by atoms with Gasteiger partial charge in [-0.3, -0.25) is 0 Å². The summed E-state index contributed by atoms with van der Waals surface area (Å²) in [6.45, 7) is 3.50. The Morgan fingerprint density at radius 2 is 1.84 bits per heavy atom. The van der Waals surface area contributed by atoms with Crippen molar-refractivity contribution in [3.8, 4) is 0 Å². The van der Waals surface area contributed by atoms with Gasteiger partial charge in [0.15, 0.2) is 0 Å².